The van der Waals surface area contributed by atoms with Gasteiger partial charge in [-0.15, -0.1) is 0 Å². The molecule has 0 heterocycles. The fraction of sp³-hybridized carbons (Fsp3) is 0.714. The van der Waals surface area contributed by atoms with Crippen LogP contribution in [0.1, 0.15) is 13.3 Å². The Labute approximate surface area is 82.9 Å². The van der Waals surface area contributed by atoms with Gasteiger partial charge in [-0.05, 0) is 6.92 Å². The number of nitrogens with zero attached hydrogens (tertiary/aromatic N) is 1. The third-order valence-corrected chi connectivity index (χ3v) is 2.43. The molecule has 0 spiro atoms. The van der Waals surface area contributed by atoms with Crippen LogP contribution in [0.25, 0.3) is 0 Å². The van der Waals surface area contributed by atoms with Crippen LogP contribution in [0.3, 0.4) is 0 Å². The zero-order chi connectivity index (χ0) is 11.0. The third kappa shape index (κ3) is 6.39. The molecule has 7 heteroatoms. The number of rotatable bonds is 6. The van der Waals surface area contributed by atoms with Crippen molar-refractivity contribution in [3.8, 4) is 6.07 Å². The maximum atomic E-state index is 11.1. The molecule has 0 bridgehead atoms. The van der Waals surface area contributed by atoms with Crippen molar-refractivity contribution < 1.29 is 17.9 Å². The molecule has 0 aromatic carbocycles. The predicted octanol–water partition coefficient (Wildman–Crippen LogP) is -0.617. The average Bonchev–Trinajstić information content (AvgIpc) is 2.03. The second kappa shape index (κ2) is 6.34. The molecule has 14 heavy (non-hydrogen) atoms. The van der Waals surface area contributed by atoms with Crippen molar-refractivity contribution in [3.63, 3.8) is 0 Å². The summed E-state index contributed by atoms with van der Waals surface area (Å²) >= 11 is 0. The van der Waals surface area contributed by atoms with Gasteiger partial charge in [0.25, 0.3) is 0 Å². The summed E-state index contributed by atoms with van der Waals surface area (Å²) in [5.74, 6) is -1.50. The van der Waals surface area contributed by atoms with Crippen molar-refractivity contribution >= 4 is 16.0 Å². The summed E-state index contributed by atoms with van der Waals surface area (Å²) in [6, 6.07) is 1.78. The molecule has 0 aromatic heterocycles. The first-order chi connectivity index (χ1) is 6.52. The molecule has 0 saturated heterocycles. The van der Waals surface area contributed by atoms with Gasteiger partial charge in [-0.3, -0.25) is 4.79 Å². The Morgan fingerprint density at radius 2 is 2.21 bits per heavy atom. The van der Waals surface area contributed by atoms with Crippen molar-refractivity contribution in [3.05, 3.63) is 0 Å². The highest BCUT2D eigenvalue weighted by Crippen LogP contribution is 1.88. The first kappa shape index (κ1) is 12.9. The fourth-order valence-electron chi connectivity index (χ4n) is 0.671. The summed E-state index contributed by atoms with van der Waals surface area (Å²) in [6.07, 6.45) is 0.0715. The number of esters is 1. The maximum absolute atomic E-state index is 11.1. The van der Waals surface area contributed by atoms with Gasteiger partial charge in [0.2, 0.25) is 10.0 Å². The first-order valence-electron chi connectivity index (χ1n) is 4.01. The van der Waals surface area contributed by atoms with Crippen LogP contribution in [0.4, 0.5) is 0 Å². The van der Waals surface area contributed by atoms with E-state index in [4.69, 9.17) is 5.26 Å². The predicted molar refractivity (Wildman–Crippen MR) is 48.7 cm³/mol. The van der Waals surface area contributed by atoms with Gasteiger partial charge in [-0.25, -0.2) is 13.1 Å². The van der Waals surface area contributed by atoms with Gasteiger partial charge < -0.3 is 4.74 Å². The highest BCUT2D eigenvalue weighted by atomic mass is 32.2. The number of carbonyl (C=O) groups excluding carboxylic acids is 1. The molecule has 0 aliphatic heterocycles. The zero-order valence-corrected chi connectivity index (χ0v) is 8.63. The van der Waals surface area contributed by atoms with Gasteiger partial charge in [-0.2, -0.15) is 5.26 Å². The number of nitrogens with one attached hydrogen (secondary N) is 1. The van der Waals surface area contributed by atoms with Crippen LogP contribution in [-0.2, 0) is 19.6 Å². The van der Waals surface area contributed by atoms with Crippen molar-refractivity contribution in [1.29, 1.82) is 5.26 Å². The van der Waals surface area contributed by atoms with E-state index in [2.05, 4.69) is 9.46 Å². The molecular weight excluding hydrogens is 208 g/mol. The fourth-order valence-corrected chi connectivity index (χ4v) is 1.58. The van der Waals surface area contributed by atoms with Crippen molar-refractivity contribution in [2.24, 2.45) is 0 Å². The second-order valence-corrected chi connectivity index (χ2v) is 4.17. The minimum absolute atomic E-state index is 0.0121. The van der Waals surface area contributed by atoms with Crippen LogP contribution < -0.4 is 4.72 Å². The number of sulfonamides is 1. The molecule has 0 radical (unpaired) electrons. The number of hydrogen-bond donors (Lipinski definition) is 1. The Bertz CT molecular complexity index is 317. The Morgan fingerprint density at radius 1 is 1.57 bits per heavy atom. The summed E-state index contributed by atoms with van der Waals surface area (Å²) in [5.41, 5.74) is 0. The van der Waals surface area contributed by atoms with Crippen LogP contribution >= 0.6 is 0 Å². The third-order valence-electron chi connectivity index (χ3n) is 1.17. The minimum atomic E-state index is -3.65. The number of nitriles is 1. The highest BCUT2D eigenvalue weighted by Gasteiger charge is 2.16. The lowest BCUT2D eigenvalue weighted by atomic mass is 10.5. The molecule has 1 N–H and O–H groups in total. The van der Waals surface area contributed by atoms with Gasteiger partial charge in [0.05, 0.1) is 12.7 Å². The van der Waals surface area contributed by atoms with Gasteiger partial charge in [-0.1, -0.05) is 0 Å². The lowest BCUT2D eigenvalue weighted by molar-refractivity contribution is -0.139. The lowest BCUT2D eigenvalue weighted by Gasteiger charge is -2.03. The lowest BCUT2D eigenvalue weighted by Crippen LogP contribution is -2.31. The van der Waals surface area contributed by atoms with E-state index in [1.54, 1.807) is 13.0 Å². The van der Waals surface area contributed by atoms with Crippen LogP contribution in [-0.4, -0.2) is 33.3 Å². The number of carbonyl (C=O) groups is 1. The molecule has 0 saturated carbocycles. The second-order valence-electron chi connectivity index (χ2n) is 2.37. The standard InChI is InChI=1S/C7H12N2O4S/c1-2-13-7(10)6-14(11,12)9-5-3-4-8/h9H,2-3,5-6H2,1H3. The minimum Gasteiger partial charge on any atom is -0.465 e. The molecule has 0 atom stereocenters. The van der Waals surface area contributed by atoms with E-state index in [0.717, 1.165) is 0 Å². The Balaban J connectivity index is 3.96. The van der Waals surface area contributed by atoms with E-state index in [1.165, 1.54) is 0 Å². The van der Waals surface area contributed by atoms with Crippen LogP contribution in [0, 0.1) is 11.3 Å². The van der Waals surface area contributed by atoms with E-state index in [9.17, 15) is 13.2 Å². The van der Waals surface area contributed by atoms with E-state index >= 15 is 0 Å². The Morgan fingerprint density at radius 3 is 2.71 bits per heavy atom. The largest absolute Gasteiger partial charge is 0.465 e. The summed E-state index contributed by atoms with van der Waals surface area (Å²) in [4.78, 5) is 10.8. The van der Waals surface area contributed by atoms with Gasteiger partial charge in [0.1, 0.15) is 0 Å². The molecule has 0 fully saturated rings. The first-order valence-corrected chi connectivity index (χ1v) is 5.67. The van der Waals surface area contributed by atoms with Crippen molar-refractivity contribution in [1.82, 2.24) is 4.72 Å². The van der Waals surface area contributed by atoms with Crippen LogP contribution in [0.2, 0.25) is 0 Å². The SMILES string of the molecule is CCOC(=O)CS(=O)(=O)NCCC#N. The van der Waals surface area contributed by atoms with Crippen LogP contribution in [0.5, 0.6) is 0 Å². The highest BCUT2D eigenvalue weighted by molar-refractivity contribution is 7.90. The molecule has 80 valence electrons. The van der Waals surface area contributed by atoms with Crippen LogP contribution in [0.15, 0.2) is 0 Å². The van der Waals surface area contributed by atoms with Gasteiger partial charge in [0.15, 0.2) is 5.75 Å². The summed E-state index contributed by atoms with van der Waals surface area (Å²) in [5, 5.41) is 8.15. The summed E-state index contributed by atoms with van der Waals surface area (Å²) < 4.78 is 28.7. The topological polar surface area (TPSA) is 96.3 Å². The Kier molecular flexibility index (Phi) is 5.83. The monoisotopic (exact) mass is 220 g/mol. The molecule has 0 aliphatic carbocycles. The molecule has 6 nitrogen and oxygen atoms in total. The molecule has 0 aromatic rings. The average molecular weight is 220 g/mol. The van der Waals surface area contributed by atoms with E-state index in [1.807, 2.05) is 0 Å². The number of hydrogen-bond acceptors (Lipinski definition) is 5. The van der Waals surface area contributed by atoms with E-state index in [0.29, 0.717) is 0 Å². The summed E-state index contributed by atoms with van der Waals surface area (Å²) in [7, 11) is -3.65. The molecular formula is C7H12N2O4S. The maximum Gasteiger partial charge on any atom is 0.322 e. The van der Waals surface area contributed by atoms with Crippen molar-refractivity contribution in [2.75, 3.05) is 18.9 Å². The van der Waals surface area contributed by atoms with E-state index < -0.39 is 21.7 Å². The number of ether oxygens (including phenoxy) is 1. The van der Waals surface area contributed by atoms with E-state index in [-0.39, 0.29) is 19.6 Å². The molecule has 0 aliphatic rings. The smallest absolute Gasteiger partial charge is 0.322 e. The summed E-state index contributed by atoms with van der Waals surface area (Å²) in [6.45, 7) is 1.75. The normalized spacial score (nSPS) is 10.6. The van der Waals surface area contributed by atoms with Gasteiger partial charge in [0, 0.05) is 13.0 Å². The molecule has 0 amide bonds. The van der Waals surface area contributed by atoms with Crippen molar-refractivity contribution in [2.45, 2.75) is 13.3 Å². The van der Waals surface area contributed by atoms with Gasteiger partial charge >= 0.3 is 5.97 Å². The molecule has 0 unspecified atom stereocenters. The molecule has 0 rings (SSSR count). The Hall–Kier alpha value is -1.13. The quantitative estimate of drug-likeness (QED) is 0.475. The zero-order valence-electron chi connectivity index (χ0n) is 7.82.